The lowest BCUT2D eigenvalue weighted by Gasteiger charge is -2.48. The van der Waals surface area contributed by atoms with Gasteiger partial charge in [0, 0.05) is 43.7 Å². The molecule has 3 fully saturated rings. The van der Waals surface area contributed by atoms with Crippen LogP contribution in [0.4, 0.5) is 0 Å². The zero-order valence-corrected chi connectivity index (χ0v) is 31.7. The Morgan fingerprint density at radius 1 is 0.878 bits per heavy atom. The summed E-state index contributed by atoms with van der Waals surface area (Å²) in [5.41, 5.74) is -4.64. The number of cyclic esters (lactones) is 1. The zero-order chi connectivity index (χ0) is 37.2. The summed E-state index contributed by atoms with van der Waals surface area (Å²) < 4.78 is 37.2. The van der Waals surface area contributed by atoms with E-state index in [1.165, 1.54) is 21.0 Å². The van der Waals surface area contributed by atoms with Crippen LogP contribution in [0.25, 0.3) is 0 Å². The van der Waals surface area contributed by atoms with Gasteiger partial charge in [-0.2, -0.15) is 0 Å². The Hall–Kier alpha value is -1.26. The number of rotatable bonds is 7. The number of Topliss-reactive ketones (excluding diaryl/α,β-unsaturated/α-hetero) is 1. The molecule has 3 aliphatic heterocycles. The van der Waals surface area contributed by atoms with E-state index in [1.807, 2.05) is 20.9 Å². The molecule has 0 spiro atoms. The van der Waals surface area contributed by atoms with Crippen molar-refractivity contribution in [1.29, 1.82) is 0 Å². The highest BCUT2D eigenvalue weighted by Crippen LogP contribution is 2.40. The van der Waals surface area contributed by atoms with E-state index < -0.39 is 95.6 Å². The van der Waals surface area contributed by atoms with E-state index >= 15 is 0 Å². The van der Waals surface area contributed by atoms with E-state index in [-0.39, 0.29) is 37.2 Å². The van der Waals surface area contributed by atoms with Crippen molar-refractivity contribution in [1.82, 2.24) is 5.32 Å². The molecule has 3 saturated heterocycles. The maximum absolute atomic E-state index is 14.0. The van der Waals surface area contributed by atoms with Gasteiger partial charge in [-0.1, -0.05) is 27.7 Å². The summed E-state index contributed by atoms with van der Waals surface area (Å²) in [6.07, 6.45) is -6.59. The second kappa shape index (κ2) is 16.6. The quantitative estimate of drug-likeness (QED) is 0.244. The van der Waals surface area contributed by atoms with Crippen LogP contribution in [0.15, 0.2) is 0 Å². The summed E-state index contributed by atoms with van der Waals surface area (Å²) in [5.74, 6) is -4.57. The van der Waals surface area contributed by atoms with Crippen LogP contribution in [0.3, 0.4) is 0 Å². The summed E-state index contributed by atoms with van der Waals surface area (Å²) in [6, 6.07) is 0.102. The maximum Gasteiger partial charge on any atom is 0.311 e. The standard InChI is InChI=1S/C36H65NO12/c1-13-25-36(10,43)30(39)20(4)28(38)18(2)16-34(8,42)32(49-26-15-24(37-11)14-19(3)45-26)21(5)29(22(6)33(41)47-25)48-27-17-35(9,44-12)31(40)23(7)46-27/h18-27,29-32,37,39-40,42-43H,13-17H2,1-12H3/t18-,19-,20+,21+,22+,23+,24+,25-,26+,27+,29+,30-,31+,32-,34?,35-,36-/m1/s1. The van der Waals surface area contributed by atoms with Crippen molar-refractivity contribution in [2.75, 3.05) is 14.2 Å². The normalized spacial score (nSPS) is 49.6. The third-order valence-electron chi connectivity index (χ3n) is 11.4. The molecule has 0 radical (unpaired) electrons. The van der Waals surface area contributed by atoms with E-state index in [0.29, 0.717) is 6.42 Å². The van der Waals surface area contributed by atoms with Gasteiger partial charge in [0.15, 0.2) is 12.6 Å². The van der Waals surface area contributed by atoms with Crippen molar-refractivity contribution in [2.45, 2.75) is 179 Å². The first kappa shape index (κ1) is 42.2. The van der Waals surface area contributed by atoms with Gasteiger partial charge in [0.25, 0.3) is 0 Å². The lowest BCUT2D eigenvalue weighted by molar-refractivity contribution is -0.308. The van der Waals surface area contributed by atoms with Crippen LogP contribution in [-0.2, 0) is 38.0 Å². The second-order valence-corrected chi connectivity index (χ2v) is 15.7. The number of methoxy groups -OCH3 is 1. The van der Waals surface area contributed by atoms with Crippen molar-refractivity contribution >= 4 is 11.8 Å². The minimum atomic E-state index is -1.96. The highest BCUT2D eigenvalue weighted by atomic mass is 16.7. The number of nitrogens with one attached hydrogen (secondary N) is 1. The first-order valence-electron chi connectivity index (χ1n) is 18.0. The Kier molecular flexibility index (Phi) is 14.3. The first-order chi connectivity index (χ1) is 22.6. The van der Waals surface area contributed by atoms with Crippen LogP contribution >= 0.6 is 0 Å². The molecule has 0 amide bonds. The molecule has 0 aromatic heterocycles. The summed E-state index contributed by atoms with van der Waals surface area (Å²) in [4.78, 5) is 27.8. The number of hydrogen-bond donors (Lipinski definition) is 5. The molecule has 0 bridgehead atoms. The molecule has 13 heteroatoms. The maximum atomic E-state index is 14.0. The molecule has 5 N–H and O–H groups in total. The molecular formula is C36H65NO12. The first-order valence-corrected chi connectivity index (χ1v) is 18.0. The smallest absolute Gasteiger partial charge is 0.311 e. The Morgan fingerprint density at radius 2 is 1.51 bits per heavy atom. The van der Waals surface area contributed by atoms with Crippen molar-refractivity contribution < 1.29 is 58.4 Å². The van der Waals surface area contributed by atoms with Crippen LogP contribution in [-0.4, -0.2) is 124 Å². The molecule has 0 aliphatic carbocycles. The number of carbonyl (C=O) groups excluding carboxylic acids is 2. The van der Waals surface area contributed by atoms with Crippen LogP contribution in [0, 0.1) is 23.7 Å². The third-order valence-corrected chi connectivity index (χ3v) is 11.4. The van der Waals surface area contributed by atoms with Crippen molar-refractivity contribution in [3.05, 3.63) is 0 Å². The number of aliphatic hydroxyl groups is 4. The molecule has 13 nitrogen and oxygen atoms in total. The fraction of sp³-hybridized carbons (Fsp3) is 0.944. The van der Waals surface area contributed by atoms with Gasteiger partial charge in [-0.25, -0.2) is 0 Å². The van der Waals surface area contributed by atoms with E-state index in [9.17, 15) is 30.0 Å². The summed E-state index contributed by atoms with van der Waals surface area (Å²) in [5, 5.41) is 49.3. The third kappa shape index (κ3) is 9.40. The minimum Gasteiger partial charge on any atom is -0.459 e. The average molecular weight is 704 g/mol. The SMILES string of the molecule is CC[C@H]1OC(=O)[C@@H](C)[C@@H](O[C@H]2C[C@@](C)(OC)[C@@H](O)[C@H](C)O2)[C@H](C)[C@@H](O[C@H]2C[C@@H](NC)C[C@@H](C)O2)C(C)(O)C[C@@H](C)C(=O)[C@H](C)[C@@H](O)[C@]1(C)O. The topological polar surface area (TPSA) is 182 Å². The molecule has 17 atom stereocenters. The Morgan fingerprint density at radius 3 is 2.08 bits per heavy atom. The van der Waals surface area contributed by atoms with E-state index in [1.54, 1.807) is 41.5 Å². The van der Waals surface area contributed by atoms with Gasteiger partial charge in [0.05, 0.1) is 47.6 Å². The average Bonchev–Trinajstić information content (AvgIpc) is 3.04. The van der Waals surface area contributed by atoms with Gasteiger partial charge in [0.1, 0.15) is 23.6 Å². The molecule has 3 rings (SSSR count). The summed E-state index contributed by atoms with van der Waals surface area (Å²) >= 11 is 0. The van der Waals surface area contributed by atoms with Gasteiger partial charge in [-0.05, 0) is 67.9 Å². The number of hydrogen-bond acceptors (Lipinski definition) is 13. The van der Waals surface area contributed by atoms with Crippen molar-refractivity contribution in [2.24, 2.45) is 23.7 Å². The van der Waals surface area contributed by atoms with Crippen molar-refractivity contribution in [3.8, 4) is 0 Å². The predicted octanol–water partition coefficient (Wildman–Crippen LogP) is 2.47. The number of esters is 1. The molecule has 0 aromatic rings. The van der Waals surface area contributed by atoms with Gasteiger partial charge in [-0.3, -0.25) is 9.59 Å². The number of carbonyl (C=O) groups is 2. The van der Waals surface area contributed by atoms with E-state index in [4.69, 9.17) is 28.4 Å². The number of ketones is 1. The van der Waals surface area contributed by atoms with Gasteiger partial charge in [0.2, 0.25) is 0 Å². The predicted molar refractivity (Wildman–Crippen MR) is 180 cm³/mol. The second-order valence-electron chi connectivity index (χ2n) is 15.7. The Balaban J connectivity index is 2.14. The highest BCUT2D eigenvalue weighted by Gasteiger charge is 2.52. The Bertz CT molecular complexity index is 1100. The molecule has 0 aromatic carbocycles. The zero-order valence-electron chi connectivity index (χ0n) is 31.7. The molecule has 0 saturated carbocycles. The Labute approximate surface area is 292 Å². The van der Waals surface area contributed by atoms with Gasteiger partial charge < -0.3 is 54.2 Å². The summed E-state index contributed by atoms with van der Waals surface area (Å²) in [6.45, 7) is 16.8. The number of aliphatic hydroxyl groups excluding tert-OH is 2. The highest BCUT2D eigenvalue weighted by molar-refractivity contribution is 5.83. The van der Waals surface area contributed by atoms with Crippen LogP contribution in [0.1, 0.15) is 101 Å². The van der Waals surface area contributed by atoms with Crippen molar-refractivity contribution in [3.63, 3.8) is 0 Å². The van der Waals surface area contributed by atoms with Crippen LogP contribution < -0.4 is 5.32 Å². The lowest BCUT2D eigenvalue weighted by atomic mass is 9.74. The fourth-order valence-corrected chi connectivity index (χ4v) is 8.20. The number of ether oxygens (including phenoxy) is 6. The molecular weight excluding hydrogens is 638 g/mol. The van der Waals surface area contributed by atoms with Crippen LogP contribution in [0.2, 0.25) is 0 Å². The monoisotopic (exact) mass is 703 g/mol. The molecule has 3 heterocycles. The molecule has 3 aliphatic rings. The molecule has 286 valence electrons. The molecule has 1 unspecified atom stereocenters. The van der Waals surface area contributed by atoms with E-state index in [0.717, 1.165) is 6.42 Å². The van der Waals surface area contributed by atoms with E-state index in [2.05, 4.69) is 5.32 Å². The minimum absolute atomic E-state index is 0.0502. The summed E-state index contributed by atoms with van der Waals surface area (Å²) in [7, 11) is 3.37. The molecule has 49 heavy (non-hydrogen) atoms. The van der Waals surface area contributed by atoms with Crippen LogP contribution in [0.5, 0.6) is 0 Å². The van der Waals surface area contributed by atoms with Gasteiger partial charge in [-0.15, -0.1) is 0 Å². The van der Waals surface area contributed by atoms with Gasteiger partial charge >= 0.3 is 5.97 Å². The fourth-order valence-electron chi connectivity index (χ4n) is 8.20. The lowest BCUT2D eigenvalue weighted by Crippen LogP contribution is -2.60. The largest absolute Gasteiger partial charge is 0.459 e.